The molecule has 1 N–H and O–H groups in total. The van der Waals surface area contributed by atoms with Gasteiger partial charge in [0.2, 0.25) is 12.7 Å². The third kappa shape index (κ3) is 4.02. The molecule has 0 aliphatic carbocycles. The Morgan fingerprint density at radius 2 is 2.04 bits per heavy atom. The molecule has 2 aromatic rings. The number of ether oxygens (including phenoxy) is 4. The Morgan fingerprint density at radius 1 is 1.23 bits per heavy atom. The van der Waals surface area contributed by atoms with Gasteiger partial charge >= 0.3 is 6.61 Å². The molecule has 3 rings (SSSR count). The molecule has 0 bridgehead atoms. The van der Waals surface area contributed by atoms with E-state index < -0.39 is 12.5 Å². The average molecular weight is 363 g/mol. The van der Waals surface area contributed by atoms with Crippen molar-refractivity contribution in [1.82, 2.24) is 0 Å². The SMILES string of the molecule is COc1cccc(C=CC(=O)Nc2ccc3c(c2)OCO3)c1OC(F)F. The van der Waals surface area contributed by atoms with Crippen molar-refractivity contribution < 1.29 is 32.5 Å². The maximum atomic E-state index is 12.6. The number of rotatable bonds is 6. The van der Waals surface area contributed by atoms with Crippen LogP contribution in [0.25, 0.3) is 6.08 Å². The zero-order valence-electron chi connectivity index (χ0n) is 13.7. The van der Waals surface area contributed by atoms with Crippen LogP contribution < -0.4 is 24.3 Å². The topological polar surface area (TPSA) is 66.0 Å². The summed E-state index contributed by atoms with van der Waals surface area (Å²) in [7, 11) is 1.34. The molecule has 6 nitrogen and oxygen atoms in total. The normalized spacial score (nSPS) is 12.5. The van der Waals surface area contributed by atoms with Crippen LogP contribution in [0, 0.1) is 0 Å². The summed E-state index contributed by atoms with van der Waals surface area (Å²) in [4.78, 5) is 12.1. The number of methoxy groups -OCH3 is 1. The van der Waals surface area contributed by atoms with Crippen molar-refractivity contribution in [1.29, 1.82) is 0 Å². The van der Waals surface area contributed by atoms with Crippen molar-refractivity contribution in [3.05, 3.63) is 48.0 Å². The Hall–Kier alpha value is -3.29. The molecule has 0 fully saturated rings. The minimum absolute atomic E-state index is 0.134. The van der Waals surface area contributed by atoms with Crippen molar-refractivity contribution in [2.45, 2.75) is 6.61 Å². The lowest BCUT2D eigenvalue weighted by atomic mass is 10.1. The first kappa shape index (κ1) is 17.5. The molecule has 136 valence electrons. The molecule has 2 aromatic carbocycles. The standard InChI is InChI=1S/C18H15F2NO5/c1-23-14-4-2-3-11(17(14)26-18(19)20)5-8-16(22)21-12-6-7-13-15(9-12)25-10-24-13/h2-9,18H,10H2,1H3,(H,21,22). The maximum absolute atomic E-state index is 12.6. The molecule has 0 unspecified atom stereocenters. The van der Waals surface area contributed by atoms with E-state index in [2.05, 4.69) is 10.1 Å². The smallest absolute Gasteiger partial charge is 0.387 e. The molecule has 1 amide bonds. The fourth-order valence-corrected chi connectivity index (χ4v) is 2.36. The van der Waals surface area contributed by atoms with Crippen LogP contribution >= 0.6 is 0 Å². The minimum Gasteiger partial charge on any atom is -0.493 e. The number of halogens is 2. The van der Waals surface area contributed by atoms with Gasteiger partial charge in [-0.15, -0.1) is 0 Å². The summed E-state index contributed by atoms with van der Waals surface area (Å²) in [5.41, 5.74) is 0.795. The molecule has 1 aliphatic heterocycles. The van der Waals surface area contributed by atoms with Crippen molar-refractivity contribution in [2.75, 3.05) is 19.2 Å². The minimum atomic E-state index is -3.01. The molecule has 0 saturated carbocycles. The summed E-state index contributed by atoms with van der Waals surface area (Å²) < 4.78 is 45.2. The van der Waals surface area contributed by atoms with Gasteiger partial charge in [-0.2, -0.15) is 8.78 Å². The number of carbonyl (C=O) groups is 1. The van der Waals surface area contributed by atoms with E-state index in [1.54, 1.807) is 24.3 Å². The largest absolute Gasteiger partial charge is 0.493 e. The molecule has 0 aromatic heterocycles. The summed E-state index contributed by atoms with van der Waals surface area (Å²) >= 11 is 0. The highest BCUT2D eigenvalue weighted by molar-refractivity contribution is 6.02. The van der Waals surface area contributed by atoms with Crippen LogP contribution in [0.2, 0.25) is 0 Å². The quantitative estimate of drug-likeness (QED) is 0.793. The highest BCUT2D eigenvalue weighted by Gasteiger charge is 2.15. The molecule has 0 radical (unpaired) electrons. The molecule has 26 heavy (non-hydrogen) atoms. The number of anilines is 1. The second kappa shape index (κ2) is 7.73. The molecular weight excluding hydrogens is 348 g/mol. The number of carbonyl (C=O) groups excluding carboxylic acids is 1. The van der Waals surface area contributed by atoms with Gasteiger partial charge in [-0.25, -0.2) is 0 Å². The van der Waals surface area contributed by atoms with Crippen molar-refractivity contribution in [2.24, 2.45) is 0 Å². The van der Waals surface area contributed by atoms with Gasteiger partial charge in [0.1, 0.15) is 0 Å². The van der Waals surface area contributed by atoms with Crippen LogP contribution in [0.15, 0.2) is 42.5 Å². The molecule has 1 aliphatic rings. The van der Waals surface area contributed by atoms with Crippen molar-refractivity contribution in [3.63, 3.8) is 0 Å². The number of benzene rings is 2. The Kier molecular flexibility index (Phi) is 5.21. The Bertz CT molecular complexity index is 838. The highest BCUT2D eigenvalue weighted by atomic mass is 19.3. The van der Waals surface area contributed by atoms with Crippen molar-refractivity contribution in [3.8, 4) is 23.0 Å². The molecule has 8 heteroatoms. The van der Waals surface area contributed by atoms with Crippen LogP contribution in [-0.4, -0.2) is 26.4 Å². The van der Waals surface area contributed by atoms with Crippen LogP contribution in [0.4, 0.5) is 14.5 Å². The van der Waals surface area contributed by atoms with Gasteiger partial charge in [0, 0.05) is 23.4 Å². The third-order valence-electron chi connectivity index (χ3n) is 3.49. The first-order chi connectivity index (χ1) is 12.6. The lowest BCUT2D eigenvalue weighted by Crippen LogP contribution is -2.08. The number of nitrogens with one attached hydrogen (secondary N) is 1. The Labute approximate surface area is 147 Å². The van der Waals surface area contributed by atoms with E-state index >= 15 is 0 Å². The molecule has 0 atom stereocenters. The van der Waals surface area contributed by atoms with Gasteiger partial charge in [-0.1, -0.05) is 12.1 Å². The molecule has 0 saturated heterocycles. The number of hydrogen-bond donors (Lipinski definition) is 1. The van der Waals surface area contributed by atoms with E-state index in [4.69, 9.17) is 14.2 Å². The van der Waals surface area contributed by atoms with Crippen LogP contribution in [0.5, 0.6) is 23.0 Å². The fourth-order valence-electron chi connectivity index (χ4n) is 2.36. The van der Waals surface area contributed by atoms with E-state index in [9.17, 15) is 13.6 Å². The lowest BCUT2D eigenvalue weighted by molar-refractivity contribution is -0.111. The van der Waals surface area contributed by atoms with E-state index in [1.165, 1.54) is 31.4 Å². The van der Waals surface area contributed by atoms with E-state index in [1.807, 2.05) is 0 Å². The predicted molar refractivity (Wildman–Crippen MR) is 89.9 cm³/mol. The summed E-state index contributed by atoms with van der Waals surface area (Å²) in [5, 5.41) is 2.65. The number of amides is 1. The van der Waals surface area contributed by atoms with Gasteiger partial charge in [0.05, 0.1) is 7.11 Å². The van der Waals surface area contributed by atoms with Crippen LogP contribution in [0.1, 0.15) is 5.56 Å². The highest BCUT2D eigenvalue weighted by Crippen LogP contribution is 2.35. The van der Waals surface area contributed by atoms with Gasteiger partial charge in [0.25, 0.3) is 0 Å². The molecular formula is C18H15F2NO5. The Balaban J connectivity index is 1.74. The van der Waals surface area contributed by atoms with Gasteiger partial charge in [0.15, 0.2) is 23.0 Å². The van der Waals surface area contributed by atoms with Crippen LogP contribution in [0.3, 0.4) is 0 Å². The molecule has 0 spiro atoms. The van der Waals surface area contributed by atoms with E-state index in [-0.39, 0.29) is 23.9 Å². The zero-order chi connectivity index (χ0) is 18.5. The molecule has 1 heterocycles. The van der Waals surface area contributed by atoms with Gasteiger partial charge in [-0.05, 0) is 24.3 Å². The lowest BCUT2D eigenvalue weighted by Gasteiger charge is -2.12. The maximum Gasteiger partial charge on any atom is 0.387 e. The zero-order valence-corrected chi connectivity index (χ0v) is 13.7. The van der Waals surface area contributed by atoms with Gasteiger partial charge < -0.3 is 24.3 Å². The number of hydrogen-bond acceptors (Lipinski definition) is 5. The Morgan fingerprint density at radius 3 is 2.81 bits per heavy atom. The summed E-state index contributed by atoms with van der Waals surface area (Å²) in [6.07, 6.45) is 2.57. The van der Waals surface area contributed by atoms with E-state index in [0.29, 0.717) is 17.2 Å². The number of alkyl halides is 2. The average Bonchev–Trinajstić information content (AvgIpc) is 3.08. The summed E-state index contributed by atoms with van der Waals surface area (Å²) in [6, 6.07) is 9.60. The fraction of sp³-hybridized carbons (Fsp3) is 0.167. The third-order valence-corrected chi connectivity index (χ3v) is 3.49. The summed E-state index contributed by atoms with van der Waals surface area (Å²) in [6.45, 7) is -2.88. The number of fused-ring (bicyclic) bond motifs is 1. The summed E-state index contributed by atoms with van der Waals surface area (Å²) in [5.74, 6) is 0.686. The van der Waals surface area contributed by atoms with Gasteiger partial charge in [-0.3, -0.25) is 4.79 Å². The number of para-hydroxylation sites is 1. The second-order valence-corrected chi connectivity index (χ2v) is 5.15. The first-order valence-corrected chi connectivity index (χ1v) is 7.57. The first-order valence-electron chi connectivity index (χ1n) is 7.57. The van der Waals surface area contributed by atoms with Crippen LogP contribution in [-0.2, 0) is 4.79 Å². The second-order valence-electron chi connectivity index (χ2n) is 5.15. The van der Waals surface area contributed by atoms with E-state index in [0.717, 1.165) is 0 Å². The monoisotopic (exact) mass is 363 g/mol. The predicted octanol–water partition coefficient (Wildman–Crippen LogP) is 3.68. The van der Waals surface area contributed by atoms with Crippen molar-refractivity contribution >= 4 is 17.7 Å².